The predicted molar refractivity (Wildman–Crippen MR) is 61.7 cm³/mol. The Bertz CT molecular complexity index is 80.2. The molecule has 0 saturated carbocycles. The molecule has 13 heavy (non-hydrogen) atoms. The summed E-state index contributed by atoms with van der Waals surface area (Å²) in [7, 11) is 0. The first-order valence-electron chi connectivity index (χ1n) is 5.96. The zero-order valence-corrected chi connectivity index (χ0v) is 9.97. The topological polar surface area (TPSA) is 0 Å². The minimum Gasteiger partial charge on any atom is -0.0628 e. The molecule has 0 aromatic heterocycles. The molecule has 79 valence electrons. The lowest BCUT2D eigenvalue weighted by Crippen LogP contribution is -1.89. The van der Waals surface area contributed by atoms with Crippen molar-refractivity contribution in [1.29, 1.82) is 0 Å². The lowest BCUT2D eigenvalue weighted by Gasteiger charge is -2.05. The monoisotopic (exact) mass is 183 g/mol. The van der Waals surface area contributed by atoms with Crippen LogP contribution in [0.15, 0.2) is 0 Å². The first-order valence-corrected chi connectivity index (χ1v) is 5.96. The third-order valence-electron chi connectivity index (χ3n) is 2.37. The molecule has 0 aliphatic rings. The van der Waals surface area contributed by atoms with Crippen molar-refractivity contribution in [3.63, 3.8) is 0 Å². The van der Waals surface area contributed by atoms with Crippen LogP contribution in [0.1, 0.15) is 66.2 Å². The van der Waals surface area contributed by atoms with E-state index in [0.717, 1.165) is 11.8 Å². The molecule has 0 amide bonds. The number of hydrogen-bond acceptors (Lipinski definition) is 0. The van der Waals surface area contributed by atoms with Crippen LogP contribution in [0.5, 0.6) is 0 Å². The summed E-state index contributed by atoms with van der Waals surface area (Å²) in [5.74, 6) is 1.66. The van der Waals surface area contributed by atoms with Crippen LogP contribution in [-0.4, -0.2) is 0 Å². The zero-order valence-electron chi connectivity index (χ0n) is 9.97. The first-order chi connectivity index (χ1) is 6.13. The lowest BCUT2D eigenvalue weighted by molar-refractivity contribution is 0.516. The van der Waals surface area contributed by atoms with Crippen LogP contribution in [0.4, 0.5) is 0 Å². The second-order valence-electron chi connectivity index (χ2n) is 4.87. The normalized spacial score (nSPS) is 11.5. The van der Waals surface area contributed by atoms with Crippen LogP contribution >= 0.6 is 0 Å². The average molecular weight is 183 g/mol. The van der Waals surface area contributed by atoms with E-state index in [2.05, 4.69) is 34.1 Å². The van der Waals surface area contributed by atoms with Gasteiger partial charge in [0.05, 0.1) is 0 Å². The summed E-state index contributed by atoms with van der Waals surface area (Å²) in [5.41, 5.74) is 0. The number of rotatable bonds is 8. The fourth-order valence-corrected chi connectivity index (χ4v) is 1.50. The Kier molecular flexibility index (Phi) is 8.59. The highest BCUT2D eigenvalue weighted by Gasteiger charge is 1.96. The lowest BCUT2D eigenvalue weighted by atomic mass is 10.0. The van der Waals surface area contributed by atoms with Crippen molar-refractivity contribution in [2.24, 2.45) is 11.8 Å². The van der Waals surface area contributed by atoms with E-state index in [9.17, 15) is 0 Å². The number of unbranched alkanes of at least 4 members (excludes halogenated alkanes) is 4. The molecule has 0 spiro atoms. The highest BCUT2D eigenvalue weighted by molar-refractivity contribution is 4.68. The van der Waals surface area contributed by atoms with Crippen molar-refractivity contribution in [3.05, 3.63) is 6.42 Å². The molecule has 0 heteroatoms. The SMILES string of the molecule is CC(C)[CH]CCCCCCC(C)C. The fraction of sp³-hybridized carbons (Fsp3) is 0.923. The van der Waals surface area contributed by atoms with Crippen molar-refractivity contribution >= 4 is 0 Å². The third-order valence-corrected chi connectivity index (χ3v) is 2.37. The van der Waals surface area contributed by atoms with Gasteiger partial charge in [-0.15, -0.1) is 0 Å². The molecule has 0 aliphatic carbocycles. The molecule has 0 saturated heterocycles. The van der Waals surface area contributed by atoms with Crippen LogP contribution in [-0.2, 0) is 0 Å². The average Bonchev–Trinajstić information content (AvgIpc) is 2.01. The summed E-state index contributed by atoms with van der Waals surface area (Å²) in [6.07, 6.45) is 10.9. The molecule has 0 unspecified atom stereocenters. The Balaban J connectivity index is 2.92. The smallest absolute Gasteiger partial charge is 0.0360 e. The molecule has 0 nitrogen and oxygen atoms in total. The summed E-state index contributed by atoms with van der Waals surface area (Å²) in [6.45, 7) is 9.15. The molecular weight excluding hydrogens is 156 g/mol. The highest BCUT2D eigenvalue weighted by atomic mass is 14.0. The molecule has 0 aromatic carbocycles. The molecular formula is C13H27. The molecule has 0 N–H and O–H groups in total. The van der Waals surface area contributed by atoms with E-state index in [1.54, 1.807) is 0 Å². The van der Waals surface area contributed by atoms with Crippen LogP contribution in [0, 0.1) is 18.3 Å². The maximum atomic E-state index is 2.43. The standard InChI is InChI=1S/C13H27/c1-12(2)10-8-6-5-7-9-11-13(3)4/h10,12-13H,5-9,11H2,1-4H3. The Labute approximate surface area is 85.1 Å². The maximum absolute atomic E-state index is 2.43. The van der Waals surface area contributed by atoms with Gasteiger partial charge in [-0.05, 0) is 24.7 Å². The summed E-state index contributed by atoms with van der Waals surface area (Å²) >= 11 is 0. The second-order valence-corrected chi connectivity index (χ2v) is 4.87. The van der Waals surface area contributed by atoms with Crippen LogP contribution in [0.2, 0.25) is 0 Å². The van der Waals surface area contributed by atoms with Crippen LogP contribution < -0.4 is 0 Å². The van der Waals surface area contributed by atoms with Gasteiger partial charge in [-0.1, -0.05) is 59.8 Å². The minimum atomic E-state index is 0.774. The molecule has 1 radical (unpaired) electrons. The van der Waals surface area contributed by atoms with Crippen molar-refractivity contribution in [3.8, 4) is 0 Å². The largest absolute Gasteiger partial charge is 0.0628 e. The predicted octanol–water partition coefficient (Wildman–Crippen LogP) is 4.84. The molecule has 0 rings (SSSR count). The maximum Gasteiger partial charge on any atom is -0.0360 e. The van der Waals surface area contributed by atoms with Crippen molar-refractivity contribution in [2.75, 3.05) is 0 Å². The molecule has 0 bridgehead atoms. The number of hydrogen-bond donors (Lipinski definition) is 0. The van der Waals surface area contributed by atoms with E-state index in [1.807, 2.05) is 0 Å². The van der Waals surface area contributed by atoms with Gasteiger partial charge in [-0.25, -0.2) is 0 Å². The molecule has 0 heterocycles. The Morgan fingerprint density at radius 1 is 0.846 bits per heavy atom. The van der Waals surface area contributed by atoms with Crippen molar-refractivity contribution in [2.45, 2.75) is 66.2 Å². The van der Waals surface area contributed by atoms with Gasteiger partial charge in [0.1, 0.15) is 0 Å². The third kappa shape index (κ3) is 12.0. The molecule has 0 fully saturated rings. The summed E-state index contributed by atoms with van der Waals surface area (Å²) < 4.78 is 0. The van der Waals surface area contributed by atoms with Crippen molar-refractivity contribution in [1.82, 2.24) is 0 Å². The van der Waals surface area contributed by atoms with Gasteiger partial charge in [0.2, 0.25) is 0 Å². The second kappa shape index (κ2) is 8.59. The van der Waals surface area contributed by atoms with Crippen molar-refractivity contribution < 1.29 is 0 Å². The van der Waals surface area contributed by atoms with Gasteiger partial charge in [-0.2, -0.15) is 0 Å². The molecule has 0 aliphatic heterocycles. The van der Waals surface area contributed by atoms with Gasteiger partial charge < -0.3 is 0 Å². The van der Waals surface area contributed by atoms with E-state index in [1.165, 1.54) is 38.5 Å². The molecule has 0 aromatic rings. The first kappa shape index (κ1) is 13.0. The van der Waals surface area contributed by atoms with Gasteiger partial charge >= 0.3 is 0 Å². The van der Waals surface area contributed by atoms with Gasteiger partial charge in [0.25, 0.3) is 0 Å². The van der Waals surface area contributed by atoms with E-state index >= 15 is 0 Å². The van der Waals surface area contributed by atoms with Crippen LogP contribution in [0.3, 0.4) is 0 Å². The summed E-state index contributed by atoms with van der Waals surface area (Å²) in [5, 5.41) is 0. The summed E-state index contributed by atoms with van der Waals surface area (Å²) in [4.78, 5) is 0. The van der Waals surface area contributed by atoms with E-state index in [0.29, 0.717) is 0 Å². The van der Waals surface area contributed by atoms with Gasteiger partial charge in [0, 0.05) is 0 Å². The molecule has 0 atom stereocenters. The zero-order chi connectivity index (χ0) is 10.1. The quantitative estimate of drug-likeness (QED) is 0.472. The Hall–Kier alpha value is 0. The van der Waals surface area contributed by atoms with E-state index in [-0.39, 0.29) is 0 Å². The van der Waals surface area contributed by atoms with Gasteiger partial charge in [0.15, 0.2) is 0 Å². The van der Waals surface area contributed by atoms with Crippen LogP contribution in [0.25, 0.3) is 0 Å². The highest BCUT2D eigenvalue weighted by Crippen LogP contribution is 2.12. The van der Waals surface area contributed by atoms with E-state index < -0.39 is 0 Å². The minimum absolute atomic E-state index is 0.774. The Morgan fingerprint density at radius 3 is 2.00 bits per heavy atom. The van der Waals surface area contributed by atoms with E-state index in [4.69, 9.17) is 0 Å². The van der Waals surface area contributed by atoms with Gasteiger partial charge in [-0.3, -0.25) is 0 Å². The summed E-state index contributed by atoms with van der Waals surface area (Å²) in [6, 6.07) is 0. The fourth-order valence-electron chi connectivity index (χ4n) is 1.50. The Morgan fingerprint density at radius 2 is 1.46 bits per heavy atom.